The number of halogens is 1. The molecule has 0 N–H and O–H groups in total. The van der Waals surface area contributed by atoms with Gasteiger partial charge in [-0.15, -0.1) is 0 Å². The van der Waals surface area contributed by atoms with Gasteiger partial charge < -0.3 is 4.74 Å². The van der Waals surface area contributed by atoms with Gasteiger partial charge in [0.25, 0.3) is 0 Å². The van der Waals surface area contributed by atoms with Crippen LogP contribution in [0.2, 0.25) is 5.02 Å². The third kappa shape index (κ3) is 2.94. The lowest BCUT2D eigenvalue weighted by Crippen LogP contribution is -2.29. The molecular weight excluding hydrogens is 260 g/mol. The number of hydrogen-bond acceptors (Lipinski definition) is 2. The van der Waals surface area contributed by atoms with E-state index in [0.717, 1.165) is 12.3 Å². The summed E-state index contributed by atoms with van der Waals surface area (Å²) < 4.78 is 5.98. The molecule has 1 aliphatic heterocycles. The van der Waals surface area contributed by atoms with E-state index < -0.39 is 0 Å². The molecule has 0 aromatic heterocycles. The van der Waals surface area contributed by atoms with E-state index in [0.29, 0.717) is 22.8 Å². The minimum Gasteiger partial charge on any atom is -0.489 e. The van der Waals surface area contributed by atoms with Crippen molar-refractivity contribution in [1.29, 1.82) is 0 Å². The Hall–Kier alpha value is -1.02. The first-order valence-corrected chi connectivity index (χ1v) is 7.59. The molecule has 1 aliphatic carbocycles. The maximum absolute atomic E-state index is 12.2. The van der Waals surface area contributed by atoms with Crippen molar-refractivity contribution in [3.8, 4) is 5.75 Å². The summed E-state index contributed by atoms with van der Waals surface area (Å²) >= 11 is 5.93. The number of carbonyl (C=O) groups is 1. The predicted octanol–water partition coefficient (Wildman–Crippen LogP) is 4.64. The highest BCUT2D eigenvalue weighted by atomic mass is 35.5. The zero-order valence-electron chi connectivity index (χ0n) is 11.0. The number of ketones is 1. The zero-order chi connectivity index (χ0) is 13.2. The first-order chi connectivity index (χ1) is 9.22. The summed E-state index contributed by atoms with van der Waals surface area (Å²) in [7, 11) is 0. The molecule has 1 aromatic rings. The van der Waals surface area contributed by atoms with Crippen LogP contribution in [-0.4, -0.2) is 11.9 Å². The largest absolute Gasteiger partial charge is 0.489 e. The number of Topliss-reactive ketones (excluding diaryl/α,β-unsaturated/α-hetero) is 1. The molecule has 1 aromatic carbocycles. The second-order valence-corrected chi connectivity index (χ2v) is 6.18. The van der Waals surface area contributed by atoms with E-state index in [1.54, 1.807) is 12.1 Å². The normalized spacial score (nSPS) is 23.8. The van der Waals surface area contributed by atoms with E-state index >= 15 is 0 Å². The molecule has 1 heterocycles. The number of benzene rings is 1. The summed E-state index contributed by atoms with van der Waals surface area (Å²) in [6.07, 6.45) is 8.20. The SMILES string of the molecule is O=C1CC(CC2CCCCC2)Oc2ccc(Cl)cc21. The van der Waals surface area contributed by atoms with Crippen molar-refractivity contribution in [3.63, 3.8) is 0 Å². The van der Waals surface area contributed by atoms with E-state index in [-0.39, 0.29) is 11.9 Å². The summed E-state index contributed by atoms with van der Waals surface area (Å²) in [5.74, 6) is 1.62. The highest BCUT2D eigenvalue weighted by Crippen LogP contribution is 2.34. The van der Waals surface area contributed by atoms with E-state index in [4.69, 9.17) is 16.3 Å². The second kappa shape index (κ2) is 5.54. The van der Waals surface area contributed by atoms with Gasteiger partial charge in [0.05, 0.1) is 5.56 Å². The molecule has 102 valence electrons. The fraction of sp³-hybridized carbons (Fsp3) is 0.562. The van der Waals surface area contributed by atoms with Gasteiger partial charge in [0, 0.05) is 11.4 Å². The standard InChI is InChI=1S/C16H19ClO2/c17-12-6-7-16-14(9-12)15(18)10-13(19-16)8-11-4-2-1-3-5-11/h6-7,9,11,13H,1-5,8,10H2. The molecule has 1 fully saturated rings. The summed E-state index contributed by atoms with van der Waals surface area (Å²) in [5.41, 5.74) is 0.646. The summed E-state index contributed by atoms with van der Waals surface area (Å²) in [4.78, 5) is 12.2. The summed E-state index contributed by atoms with van der Waals surface area (Å²) in [5, 5.41) is 0.599. The van der Waals surface area contributed by atoms with Gasteiger partial charge in [-0.25, -0.2) is 0 Å². The molecule has 0 radical (unpaired) electrons. The van der Waals surface area contributed by atoms with E-state index in [2.05, 4.69) is 0 Å². The molecule has 0 spiro atoms. The van der Waals surface area contributed by atoms with Crippen molar-refractivity contribution in [1.82, 2.24) is 0 Å². The second-order valence-electron chi connectivity index (χ2n) is 5.75. The summed E-state index contributed by atoms with van der Waals surface area (Å²) in [6, 6.07) is 5.33. The fourth-order valence-corrected chi connectivity index (χ4v) is 3.46. The Morgan fingerprint density at radius 1 is 1.21 bits per heavy atom. The van der Waals surface area contributed by atoms with Crippen LogP contribution in [0.5, 0.6) is 5.75 Å². The van der Waals surface area contributed by atoms with E-state index in [9.17, 15) is 4.79 Å². The van der Waals surface area contributed by atoms with Gasteiger partial charge in [-0.05, 0) is 30.5 Å². The van der Waals surface area contributed by atoms with Crippen molar-refractivity contribution >= 4 is 17.4 Å². The Bertz CT molecular complexity index is 478. The lowest BCUT2D eigenvalue weighted by atomic mass is 9.84. The molecule has 0 bridgehead atoms. The Balaban J connectivity index is 1.70. The van der Waals surface area contributed by atoms with Crippen LogP contribution in [0.15, 0.2) is 18.2 Å². The van der Waals surface area contributed by atoms with E-state index in [1.807, 2.05) is 6.07 Å². The lowest BCUT2D eigenvalue weighted by molar-refractivity contribution is 0.0795. The van der Waals surface area contributed by atoms with Crippen LogP contribution in [0, 0.1) is 5.92 Å². The molecule has 0 amide bonds. The highest BCUT2D eigenvalue weighted by Gasteiger charge is 2.29. The quantitative estimate of drug-likeness (QED) is 0.787. The topological polar surface area (TPSA) is 26.3 Å². The molecule has 3 rings (SSSR count). The smallest absolute Gasteiger partial charge is 0.170 e. The third-order valence-corrected chi connectivity index (χ3v) is 4.50. The molecular formula is C16H19ClO2. The van der Waals surface area contributed by atoms with Gasteiger partial charge in [0.15, 0.2) is 5.78 Å². The number of rotatable bonds is 2. The minimum absolute atomic E-state index is 0.0595. The third-order valence-electron chi connectivity index (χ3n) is 4.27. The molecule has 2 nitrogen and oxygen atoms in total. The fourth-order valence-electron chi connectivity index (χ4n) is 3.29. The van der Waals surface area contributed by atoms with Gasteiger partial charge >= 0.3 is 0 Å². The number of carbonyl (C=O) groups excluding carboxylic acids is 1. The first kappa shape index (κ1) is 13.0. The van der Waals surface area contributed by atoms with Crippen LogP contribution in [0.3, 0.4) is 0 Å². The molecule has 1 saturated carbocycles. The molecule has 0 saturated heterocycles. The van der Waals surface area contributed by atoms with Crippen LogP contribution in [-0.2, 0) is 0 Å². The minimum atomic E-state index is 0.0595. The Morgan fingerprint density at radius 3 is 2.79 bits per heavy atom. The van der Waals surface area contributed by atoms with Crippen LogP contribution in [0.4, 0.5) is 0 Å². The van der Waals surface area contributed by atoms with Crippen LogP contribution >= 0.6 is 11.6 Å². The maximum atomic E-state index is 12.2. The molecule has 2 aliphatic rings. The van der Waals surface area contributed by atoms with E-state index in [1.165, 1.54) is 32.1 Å². The van der Waals surface area contributed by atoms with Crippen molar-refractivity contribution in [2.24, 2.45) is 5.92 Å². The maximum Gasteiger partial charge on any atom is 0.170 e. The van der Waals surface area contributed by atoms with Gasteiger partial charge in [-0.3, -0.25) is 4.79 Å². The molecule has 3 heteroatoms. The van der Waals surface area contributed by atoms with Crippen molar-refractivity contribution in [2.75, 3.05) is 0 Å². The van der Waals surface area contributed by atoms with Crippen LogP contribution < -0.4 is 4.74 Å². The average molecular weight is 279 g/mol. The Morgan fingerprint density at radius 2 is 2.00 bits per heavy atom. The Labute approximate surface area is 119 Å². The van der Waals surface area contributed by atoms with Crippen molar-refractivity contribution in [3.05, 3.63) is 28.8 Å². The van der Waals surface area contributed by atoms with Crippen LogP contribution in [0.25, 0.3) is 0 Å². The number of ether oxygens (including phenoxy) is 1. The van der Waals surface area contributed by atoms with Gasteiger partial charge in [0.1, 0.15) is 11.9 Å². The molecule has 1 atom stereocenters. The average Bonchev–Trinajstić information content (AvgIpc) is 2.41. The van der Waals surface area contributed by atoms with Gasteiger partial charge in [0.2, 0.25) is 0 Å². The number of hydrogen-bond donors (Lipinski definition) is 0. The highest BCUT2D eigenvalue weighted by molar-refractivity contribution is 6.31. The molecule has 19 heavy (non-hydrogen) atoms. The van der Waals surface area contributed by atoms with Gasteiger partial charge in [-0.2, -0.15) is 0 Å². The lowest BCUT2D eigenvalue weighted by Gasteiger charge is -2.30. The zero-order valence-corrected chi connectivity index (χ0v) is 11.8. The van der Waals surface area contributed by atoms with Crippen molar-refractivity contribution < 1.29 is 9.53 Å². The number of fused-ring (bicyclic) bond motifs is 1. The van der Waals surface area contributed by atoms with Crippen LogP contribution in [0.1, 0.15) is 55.3 Å². The summed E-state index contributed by atoms with van der Waals surface area (Å²) in [6.45, 7) is 0. The first-order valence-electron chi connectivity index (χ1n) is 7.22. The molecule has 1 unspecified atom stereocenters. The Kier molecular flexibility index (Phi) is 3.79. The monoisotopic (exact) mass is 278 g/mol. The predicted molar refractivity (Wildman–Crippen MR) is 76.0 cm³/mol. The van der Waals surface area contributed by atoms with Gasteiger partial charge in [-0.1, -0.05) is 43.7 Å². The van der Waals surface area contributed by atoms with Crippen molar-refractivity contribution in [2.45, 2.75) is 51.0 Å².